The minimum Gasteiger partial charge on any atom is -0.399 e. The van der Waals surface area contributed by atoms with E-state index in [2.05, 4.69) is 4.90 Å². The maximum absolute atomic E-state index is 13.1. The highest BCUT2D eigenvalue weighted by Crippen LogP contribution is 2.34. The second-order valence-electron chi connectivity index (χ2n) is 5.46. The van der Waals surface area contributed by atoms with Crippen LogP contribution in [0.4, 0.5) is 18.9 Å². The van der Waals surface area contributed by atoms with Crippen molar-refractivity contribution in [1.82, 2.24) is 4.90 Å². The Kier molecular flexibility index (Phi) is 4.91. The SMILES string of the molecule is Nc1ccc(CN2CCCCCCC2)c(C(F)(F)F)c1. The Bertz CT molecular complexity index is 435. The van der Waals surface area contributed by atoms with Crippen LogP contribution < -0.4 is 5.73 Å². The first-order chi connectivity index (χ1) is 9.47. The number of hydrogen-bond donors (Lipinski definition) is 1. The first-order valence-electron chi connectivity index (χ1n) is 7.15. The predicted octanol–water partition coefficient (Wildman–Crippen LogP) is 4.05. The molecule has 1 aliphatic heterocycles. The quantitative estimate of drug-likeness (QED) is 0.831. The Balaban J connectivity index is 2.15. The molecule has 1 heterocycles. The topological polar surface area (TPSA) is 29.3 Å². The molecule has 0 saturated carbocycles. The number of rotatable bonds is 2. The molecule has 1 fully saturated rings. The minimum absolute atomic E-state index is 0.161. The normalized spacial score (nSPS) is 18.6. The van der Waals surface area contributed by atoms with E-state index < -0.39 is 11.7 Å². The van der Waals surface area contributed by atoms with Crippen molar-refractivity contribution in [3.8, 4) is 0 Å². The number of benzene rings is 1. The van der Waals surface area contributed by atoms with Crippen LogP contribution in [0.3, 0.4) is 0 Å². The summed E-state index contributed by atoms with van der Waals surface area (Å²) in [6.07, 6.45) is 1.37. The third-order valence-corrected chi connectivity index (χ3v) is 3.78. The molecule has 0 spiro atoms. The number of nitrogens with zero attached hydrogens (tertiary/aromatic N) is 1. The van der Waals surface area contributed by atoms with Crippen LogP contribution in [0, 0.1) is 0 Å². The van der Waals surface area contributed by atoms with Crippen LogP contribution in [-0.2, 0) is 12.7 Å². The van der Waals surface area contributed by atoms with Crippen molar-refractivity contribution in [2.24, 2.45) is 0 Å². The van der Waals surface area contributed by atoms with Crippen molar-refractivity contribution < 1.29 is 13.2 Å². The molecule has 0 amide bonds. The maximum Gasteiger partial charge on any atom is 0.416 e. The second kappa shape index (κ2) is 6.48. The van der Waals surface area contributed by atoms with Gasteiger partial charge in [-0.3, -0.25) is 4.90 Å². The first-order valence-corrected chi connectivity index (χ1v) is 7.15. The van der Waals surface area contributed by atoms with E-state index in [9.17, 15) is 13.2 Å². The third-order valence-electron chi connectivity index (χ3n) is 3.78. The van der Waals surface area contributed by atoms with Crippen LogP contribution >= 0.6 is 0 Å². The lowest BCUT2D eigenvalue weighted by molar-refractivity contribution is -0.138. The maximum atomic E-state index is 13.1. The average Bonchev–Trinajstić information content (AvgIpc) is 2.33. The largest absolute Gasteiger partial charge is 0.416 e. The third kappa shape index (κ3) is 4.13. The fourth-order valence-corrected chi connectivity index (χ4v) is 2.71. The van der Waals surface area contributed by atoms with Gasteiger partial charge in [0.2, 0.25) is 0 Å². The summed E-state index contributed by atoms with van der Waals surface area (Å²) in [6.45, 7) is 2.11. The standard InChI is InChI=1S/C15H21F3N2/c16-15(17,18)14-10-13(19)7-6-12(14)11-20-8-4-2-1-3-5-9-20/h6-7,10H,1-5,8-9,11,19H2. The zero-order valence-corrected chi connectivity index (χ0v) is 11.5. The summed E-state index contributed by atoms with van der Waals surface area (Å²) in [5.41, 5.74) is 5.38. The molecule has 0 aliphatic carbocycles. The summed E-state index contributed by atoms with van der Waals surface area (Å²) in [5.74, 6) is 0. The van der Waals surface area contributed by atoms with Gasteiger partial charge in [-0.1, -0.05) is 25.3 Å². The summed E-state index contributed by atoms with van der Waals surface area (Å²) in [7, 11) is 0. The van der Waals surface area contributed by atoms with Crippen molar-refractivity contribution in [2.75, 3.05) is 18.8 Å². The van der Waals surface area contributed by atoms with Gasteiger partial charge < -0.3 is 5.73 Å². The van der Waals surface area contributed by atoms with Gasteiger partial charge in [-0.15, -0.1) is 0 Å². The molecule has 2 rings (SSSR count). The van der Waals surface area contributed by atoms with Crippen LogP contribution in [-0.4, -0.2) is 18.0 Å². The Morgan fingerprint density at radius 2 is 1.60 bits per heavy atom. The Labute approximate surface area is 117 Å². The van der Waals surface area contributed by atoms with Gasteiger partial charge in [-0.2, -0.15) is 13.2 Å². The van der Waals surface area contributed by atoms with Gasteiger partial charge in [0.15, 0.2) is 0 Å². The van der Waals surface area contributed by atoms with E-state index in [1.807, 2.05) is 0 Å². The van der Waals surface area contributed by atoms with Crippen LogP contribution in [0.1, 0.15) is 43.2 Å². The number of halogens is 3. The number of anilines is 1. The Hall–Kier alpha value is -1.23. The van der Waals surface area contributed by atoms with Crippen LogP contribution in [0.5, 0.6) is 0 Å². The molecule has 1 aromatic carbocycles. The smallest absolute Gasteiger partial charge is 0.399 e. The Morgan fingerprint density at radius 3 is 2.20 bits per heavy atom. The van der Waals surface area contributed by atoms with Gasteiger partial charge in [0.1, 0.15) is 0 Å². The van der Waals surface area contributed by atoms with Gasteiger partial charge in [0.05, 0.1) is 5.56 Å². The lowest BCUT2D eigenvalue weighted by Crippen LogP contribution is -2.28. The summed E-state index contributed by atoms with van der Waals surface area (Å²) in [5, 5.41) is 0. The van der Waals surface area contributed by atoms with Crippen LogP contribution in [0.2, 0.25) is 0 Å². The van der Waals surface area contributed by atoms with Crippen molar-refractivity contribution in [2.45, 2.75) is 44.8 Å². The molecule has 0 atom stereocenters. The van der Waals surface area contributed by atoms with E-state index in [1.54, 1.807) is 6.07 Å². The van der Waals surface area contributed by atoms with Crippen molar-refractivity contribution >= 4 is 5.69 Å². The molecule has 1 aliphatic rings. The molecule has 0 radical (unpaired) electrons. The van der Waals surface area contributed by atoms with E-state index in [-0.39, 0.29) is 5.69 Å². The van der Waals surface area contributed by atoms with E-state index in [1.165, 1.54) is 25.3 Å². The van der Waals surface area contributed by atoms with Crippen molar-refractivity contribution in [3.05, 3.63) is 29.3 Å². The summed E-state index contributed by atoms with van der Waals surface area (Å²) in [6, 6.07) is 4.10. The van der Waals surface area contributed by atoms with E-state index in [4.69, 9.17) is 5.73 Å². The molecular formula is C15H21F3N2. The monoisotopic (exact) mass is 286 g/mol. The van der Waals surface area contributed by atoms with E-state index >= 15 is 0 Å². The van der Waals surface area contributed by atoms with Gasteiger partial charge in [-0.25, -0.2) is 0 Å². The molecule has 2 nitrogen and oxygen atoms in total. The number of hydrogen-bond acceptors (Lipinski definition) is 2. The fraction of sp³-hybridized carbons (Fsp3) is 0.600. The van der Waals surface area contributed by atoms with E-state index in [0.29, 0.717) is 12.1 Å². The van der Waals surface area contributed by atoms with Crippen LogP contribution in [0.25, 0.3) is 0 Å². The second-order valence-corrected chi connectivity index (χ2v) is 5.46. The van der Waals surface area contributed by atoms with Gasteiger partial charge in [0.25, 0.3) is 0 Å². The minimum atomic E-state index is -4.34. The van der Waals surface area contributed by atoms with Gasteiger partial charge in [0, 0.05) is 12.2 Å². The van der Waals surface area contributed by atoms with Gasteiger partial charge in [-0.05, 0) is 43.6 Å². The molecule has 0 unspecified atom stereocenters. The zero-order valence-electron chi connectivity index (χ0n) is 11.5. The number of likely N-dealkylation sites (tertiary alicyclic amines) is 1. The number of alkyl halides is 3. The van der Waals surface area contributed by atoms with Gasteiger partial charge >= 0.3 is 6.18 Å². The summed E-state index contributed by atoms with van der Waals surface area (Å²) in [4.78, 5) is 2.12. The highest BCUT2D eigenvalue weighted by Gasteiger charge is 2.33. The van der Waals surface area contributed by atoms with E-state index in [0.717, 1.165) is 32.0 Å². The predicted molar refractivity (Wildman–Crippen MR) is 74.2 cm³/mol. The van der Waals surface area contributed by atoms with Crippen molar-refractivity contribution in [3.63, 3.8) is 0 Å². The molecule has 0 aromatic heterocycles. The zero-order chi connectivity index (χ0) is 14.6. The lowest BCUT2D eigenvalue weighted by Gasteiger charge is -2.26. The summed E-state index contributed by atoms with van der Waals surface area (Å²) >= 11 is 0. The average molecular weight is 286 g/mol. The molecule has 1 aromatic rings. The molecule has 5 heteroatoms. The fourth-order valence-electron chi connectivity index (χ4n) is 2.71. The molecule has 20 heavy (non-hydrogen) atoms. The molecule has 0 bridgehead atoms. The molecule has 2 N–H and O–H groups in total. The highest BCUT2D eigenvalue weighted by molar-refractivity contribution is 5.46. The number of nitrogen functional groups attached to an aromatic ring is 1. The number of nitrogens with two attached hydrogens (primary N) is 1. The first kappa shape index (κ1) is 15.2. The molecule has 1 saturated heterocycles. The highest BCUT2D eigenvalue weighted by atomic mass is 19.4. The Morgan fingerprint density at radius 1 is 1.00 bits per heavy atom. The van der Waals surface area contributed by atoms with Crippen LogP contribution in [0.15, 0.2) is 18.2 Å². The lowest BCUT2D eigenvalue weighted by atomic mass is 10.0. The van der Waals surface area contributed by atoms with Crippen molar-refractivity contribution in [1.29, 1.82) is 0 Å². The molecule has 112 valence electrons. The molecular weight excluding hydrogens is 265 g/mol. The summed E-state index contributed by atoms with van der Waals surface area (Å²) < 4.78 is 39.2.